The number of carboxylic acids is 1. The zero-order chi connectivity index (χ0) is 16.0. The summed E-state index contributed by atoms with van der Waals surface area (Å²) in [6, 6.07) is 18.4. The minimum atomic E-state index is -0.984. The molecule has 1 N–H and O–H groups in total. The van der Waals surface area contributed by atoms with Gasteiger partial charge < -0.3 is 5.11 Å². The lowest BCUT2D eigenvalue weighted by molar-refractivity contribution is 0.0696. The molecule has 1 unspecified atom stereocenters. The molecule has 0 amide bonds. The van der Waals surface area contributed by atoms with Crippen LogP contribution in [0.25, 0.3) is 10.8 Å². The van der Waals surface area contributed by atoms with E-state index >= 15 is 0 Å². The molecule has 3 nitrogen and oxygen atoms in total. The van der Waals surface area contributed by atoms with Crippen molar-refractivity contribution in [2.75, 3.05) is 0 Å². The van der Waals surface area contributed by atoms with E-state index in [9.17, 15) is 9.59 Å². The Morgan fingerprint density at radius 3 is 2.22 bits per heavy atom. The van der Waals surface area contributed by atoms with Gasteiger partial charge in [0, 0.05) is 5.56 Å². The molecule has 0 aromatic heterocycles. The predicted octanol–water partition coefficient (Wildman–Crippen LogP) is 4.06. The fourth-order valence-corrected chi connectivity index (χ4v) is 3.45. The van der Waals surface area contributed by atoms with Gasteiger partial charge in [0.1, 0.15) is 0 Å². The number of rotatable bonds is 3. The highest BCUT2D eigenvalue weighted by molar-refractivity contribution is 6.06. The molecule has 1 aliphatic carbocycles. The van der Waals surface area contributed by atoms with Crippen LogP contribution >= 0.6 is 0 Å². The summed E-state index contributed by atoms with van der Waals surface area (Å²) in [5.74, 6) is -1.13. The third kappa shape index (κ3) is 2.13. The molecule has 0 heterocycles. The summed E-state index contributed by atoms with van der Waals surface area (Å²) in [4.78, 5) is 23.8. The highest BCUT2D eigenvalue weighted by Gasteiger charge is 2.30. The molecule has 0 bridgehead atoms. The summed E-state index contributed by atoms with van der Waals surface area (Å²) < 4.78 is 0. The molecule has 0 saturated carbocycles. The lowest BCUT2D eigenvalue weighted by atomic mass is 9.91. The number of carbonyl (C=O) groups is 2. The summed E-state index contributed by atoms with van der Waals surface area (Å²) in [6.45, 7) is 0. The number of hydrogen-bond donors (Lipinski definition) is 1. The smallest absolute Gasteiger partial charge is 0.335 e. The van der Waals surface area contributed by atoms with E-state index in [2.05, 4.69) is 18.2 Å². The van der Waals surface area contributed by atoms with Crippen molar-refractivity contribution in [3.63, 3.8) is 0 Å². The van der Waals surface area contributed by atoms with Crippen molar-refractivity contribution in [1.29, 1.82) is 0 Å². The fraction of sp³-hybridized carbons (Fsp3) is 0.100. The van der Waals surface area contributed by atoms with Gasteiger partial charge in [-0.25, -0.2) is 4.79 Å². The Bertz CT molecular complexity index is 934. The van der Waals surface area contributed by atoms with E-state index in [1.165, 1.54) is 23.1 Å². The molecule has 3 heteroatoms. The van der Waals surface area contributed by atoms with Gasteiger partial charge >= 0.3 is 5.97 Å². The van der Waals surface area contributed by atoms with Gasteiger partial charge in [-0.1, -0.05) is 48.5 Å². The van der Waals surface area contributed by atoms with Gasteiger partial charge in [0.25, 0.3) is 0 Å². The SMILES string of the molecule is O=C(O)c1ccc(C(=O)C2Cc3cccc4cccc2c34)cc1. The van der Waals surface area contributed by atoms with E-state index in [1.807, 2.05) is 18.2 Å². The predicted molar refractivity (Wildman–Crippen MR) is 88.1 cm³/mol. The third-order valence-corrected chi connectivity index (χ3v) is 4.56. The quantitative estimate of drug-likeness (QED) is 0.742. The van der Waals surface area contributed by atoms with E-state index in [0.29, 0.717) is 12.0 Å². The monoisotopic (exact) mass is 302 g/mol. The Morgan fingerprint density at radius 2 is 1.52 bits per heavy atom. The van der Waals surface area contributed by atoms with Gasteiger partial charge in [-0.05, 0) is 40.5 Å². The second-order valence-corrected chi connectivity index (χ2v) is 5.87. The summed E-state index contributed by atoms with van der Waals surface area (Å²) in [5.41, 5.74) is 3.03. The zero-order valence-electron chi connectivity index (χ0n) is 12.3. The van der Waals surface area contributed by atoms with Crippen LogP contribution in [0.4, 0.5) is 0 Å². The number of carboxylic acid groups (broad SMARTS) is 1. The van der Waals surface area contributed by atoms with Crippen LogP contribution in [-0.2, 0) is 6.42 Å². The number of ketones is 1. The summed E-state index contributed by atoms with van der Waals surface area (Å²) in [5, 5.41) is 11.3. The first kappa shape index (κ1) is 13.7. The Morgan fingerprint density at radius 1 is 0.870 bits per heavy atom. The van der Waals surface area contributed by atoms with E-state index in [1.54, 1.807) is 12.1 Å². The number of carbonyl (C=O) groups excluding carboxylic acids is 1. The topological polar surface area (TPSA) is 54.4 Å². The van der Waals surface area contributed by atoms with Crippen molar-refractivity contribution in [3.05, 3.63) is 82.9 Å². The Labute approximate surface area is 133 Å². The molecule has 0 radical (unpaired) electrons. The molecule has 1 aliphatic rings. The summed E-state index contributed by atoms with van der Waals surface area (Å²) in [6.07, 6.45) is 0.705. The number of hydrogen-bond acceptors (Lipinski definition) is 2. The van der Waals surface area contributed by atoms with Crippen LogP contribution in [0.1, 0.15) is 37.8 Å². The zero-order valence-corrected chi connectivity index (χ0v) is 12.3. The van der Waals surface area contributed by atoms with Crippen LogP contribution in [0.5, 0.6) is 0 Å². The van der Waals surface area contributed by atoms with Gasteiger partial charge in [-0.15, -0.1) is 0 Å². The van der Waals surface area contributed by atoms with Crippen LogP contribution < -0.4 is 0 Å². The van der Waals surface area contributed by atoms with Crippen molar-refractivity contribution >= 4 is 22.5 Å². The van der Waals surface area contributed by atoms with Crippen LogP contribution in [0.2, 0.25) is 0 Å². The second-order valence-electron chi connectivity index (χ2n) is 5.87. The number of Topliss-reactive ketones (excluding diaryl/α,β-unsaturated/α-hetero) is 1. The number of aromatic carboxylic acids is 1. The van der Waals surface area contributed by atoms with E-state index in [0.717, 1.165) is 10.9 Å². The molecule has 4 rings (SSSR count). The minimum absolute atomic E-state index is 0.0469. The van der Waals surface area contributed by atoms with Gasteiger partial charge in [0.15, 0.2) is 5.78 Å². The van der Waals surface area contributed by atoms with Crippen LogP contribution in [0, 0.1) is 0 Å². The van der Waals surface area contributed by atoms with Crippen LogP contribution in [0.15, 0.2) is 60.7 Å². The normalized spacial score (nSPS) is 15.7. The largest absolute Gasteiger partial charge is 0.478 e. The Balaban J connectivity index is 1.74. The molecule has 0 spiro atoms. The number of benzene rings is 3. The van der Waals surface area contributed by atoms with Gasteiger partial charge in [0.05, 0.1) is 11.5 Å². The molecular formula is C20H14O3. The molecule has 3 aromatic rings. The second kappa shape index (κ2) is 5.06. The Hall–Kier alpha value is -2.94. The van der Waals surface area contributed by atoms with Gasteiger partial charge in [-0.3, -0.25) is 4.79 Å². The maximum absolute atomic E-state index is 12.9. The van der Waals surface area contributed by atoms with Crippen molar-refractivity contribution in [1.82, 2.24) is 0 Å². The van der Waals surface area contributed by atoms with Gasteiger partial charge in [0.2, 0.25) is 0 Å². The summed E-state index contributed by atoms with van der Waals surface area (Å²) in [7, 11) is 0. The molecule has 0 fully saturated rings. The fourth-order valence-electron chi connectivity index (χ4n) is 3.45. The highest BCUT2D eigenvalue weighted by Crippen LogP contribution is 2.39. The average Bonchev–Trinajstić information content (AvgIpc) is 2.95. The lowest BCUT2D eigenvalue weighted by Crippen LogP contribution is -2.12. The molecule has 0 saturated heterocycles. The van der Waals surface area contributed by atoms with Crippen molar-refractivity contribution in [2.24, 2.45) is 0 Å². The molecule has 23 heavy (non-hydrogen) atoms. The maximum Gasteiger partial charge on any atom is 0.335 e. The highest BCUT2D eigenvalue weighted by atomic mass is 16.4. The first-order valence-corrected chi connectivity index (χ1v) is 7.53. The Kier molecular flexibility index (Phi) is 3.01. The van der Waals surface area contributed by atoms with Gasteiger partial charge in [-0.2, -0.15) is 0 Å². The van der Waals surface area contributed by atoms with E-state index in [4.69, 9.17) is 5.11 Å². The first-order valence-electron chi connectivity index (χ1n) is 7.53. The maximum atomic E-state index is 12.9. The van der Waals surface area contributed by atoms with E-state index in [-0.39, 0.29) is 17.3 Å². The standard InChI is InChI=1S/C20H14O3/c21-19(13-7-9-14(10-8-13)20(22)23)17-11-15-5-1-3-12-4-2-6-16(17)18(12)15/h1-10,17H,11H2,(H,22,23). The molecule has 1 atom stereocenters. The van der Waals surface area contributed by atoms with E-state index < -0.39 is 5.97 Å². The summed E-state index contributed by atoms with van der Waals surface area (Å²) >= 11 is 0. The average molecular weight is 302 g/mol. The lowest BCUT2D eigenvalue weighted by Gasteiger charge is -2.11. The molecule has 3 aromatic carbocycles. The van der Waals surface area contributed by atoms with Crippen molar-refractivity contribution < 1.29 is 14.7 Å². The first-order chi connectivity index (χ1) is 11.1. The minimum Gasteiger partial charge on any atom is -0.478 e. The molecule has 0 aliphatic heterocycles. The van der Waals surface area contributed by atoms with Crippen LogP contribution in [0.3, 0.4) is 0 Å². The molecular weight excluding hydrogens is 288 g/mol. The molecule has 112 valence electrons. The van der Waals surface area contributed by atoms with Crippen molar-refractivity contribution in [3.8, 4) is 0 Å². The third-order valence-electron chi connectivity index (χ3n) is 4.56. The van der Waals surface area contributed by atoms with Crippen LogP contribution in [-0.4, -0.2) is 16.9 Å². The van der Waals surface area contributed by atoms with Crippen molar-refractivity contribution in [2.45, 2.75) is 12.3 Å².